The molecule has 0 aliphatic heterocycles. The fraction of sp³-hybridized carbons (Fsp3) is 0.154. The van der Waals surface area contributed by atoms with E-state index in [1.54, 1.807) is 42.6 Å². The fourth-order valence-corrected chi connectivity index (χ4v) is 5.40. The summed E-state index contributed by atoms with van der Waals surface area (Å²) >= 11 is 12.8. The normalized spacial score (nSPS) is 16.1. The van der Waals surface area contributed by atoms with Crippen molar-refractivity contribution in [1.29, 1.82) is 0 Å². The van der Waals surface area contributed by atoms with Crippen molar-refractivity contribution in [3.63, 3.8) is 0 Å². The molecule has 40 heavy (non-hydrogen) atoms. The third-order valence-electron chi connectivity index (χ3n) is 6.82. The van der Waals surface area contributed by atoms with Gasteiger partial charge in [-0.2, -0.15) is 9.78 Å². The van der Waals surface area contributed by atoms with Gasteiger partial charge in [-0.25, -0.2) is 9.48 Å². The van der Waals surface area contributed by atoms with Gasteiger partial charge < -0.3 is 9.84 Å². The minimum atomic E-state index is -1.51. The molecule has 1 unspecified atom stereocenters. The number of hydrogen-bond acceptors (Lipinski definition) is 8. The molecule has 14 heteroatoms. The number of methoxy groups -OCH3 is 1. The molecule has 1 aliphatic rings. The van der Waals surface area contributed by atoms with Gasteiger partial charge in [-0.3, -0.25) is 10.5 Å². The maximum Gasteiger partial charge on any atom is 0.411 e. The predicted octanol–water partition coefficient (Wildman–Crippen LogP) is 3.71. The van der Waals surface area contributed by atoms with Gasteiger partial charge in [-0.15, -0.1) is 5.10 Å². The number of hydrogen-bond donors (Lipinski definition) is 3. The fourth-order valence-electron chi connectivity index (χ4n) is 4.96. The van der Waals surface area contributed by atoms with Gasteiger partial charge in [0.05, 0.1) is 35.3 Å². The zero-order chi connectivity index (χ0) is 28.0. The average molecular weight is 580 g/mol. The summed E-state index contributed by atoms with van der Waals surface area (Å²) in [6, 6.07) is 12.1. The summed E-state index contributed by atoms with van der Waals surface area (Å²) < 4.78 is 8.58. The number of tetrazole rings is 1. The molecule has 0 saturated heterocycles. The van der Waals surface area contributed by atoms with E-state index in [2.05, 4.69) is 30.7 Å². The van der Waals surface area contributed by atoms with Crippen LogP contribution in [0.3, 0.4) is 0 Å². The van der Waals surface area contributed by atoms with E-state index in [1.807, 2.05) is 6.07 Å². The summed E-state index contributed by atoms with van der Waals surface area (Å²) in [6.07, 6.45) is 6.39. The summed E-state index contributed by atoms with van der Waals surface area (Å²) in [4.78, 5) is 11.5. The molecule has 0 radical (unpaired) electrons. The minimum Gasteiger partial charge on any atom is -0.453 e. The SMILES string of the molecule is COC(=O)Nc1ccc(-n2cc(C3(O)CCc4cc(-c5cc(Cl)ccc5-n5cnnn5)c[n+](O)c43)cn2)c(Cl)c1. The molecular formula is C26H21Cl2N8O4+. The number of fused-ring (bicyclic) bond motifs is 1. The Balaban J connectivity index is 1.35. The van der Waals surface area contributed by atoms with Crippen LogP contribution in [0.15, 0.2) is 67.4 Å². The summed E-state index contributed by atoms with van der Waals surface area (Å²) in [7, 11) is 1.27. The molecule has 0 saturated carbocycles. The van der Waals surface area contributed by atoms with Crippen molar-refractivity contribution in [1.82, 2.24) is 30.0 Å². The Morgan fingerprint density at radius 1 is 1.15 bits per heavy atom. The number of halogens is 2. The van der Waals surface area contributed by atoms with Gasteiger partial charge in [-0.05, 0) is 65.7 Å². The van der Waals surface area contributed by atoms with Gasteiger partial charge in [0.1, 0.15) is 6.33 Å². The number of benzene rings is 2. The van der Waals surface area contributed by atoms with Crippen LogP contribution in [0.25, 0.3) is 22.5 Å². The van der Waals surface area contributed by atoms with Crippen molar-refractivity contribution in [2.75, 3.05) is 12.4 Å². The van der Waals surface area contributed by atoms with Gasteiger partial charge in [0.15, 0.2) is 5.60 Å². The molecule has 3 heterocycles. The molecule has 1 atom stereocenters. The number of nitrogens with one attached hydrogen (secondary N) is 1. The molecule has 1 aliphatic carbocycles. The molecule has 0 spiro atoms. The number of ether oxygens (including phenoxy) is 1. The zero-order valence-corrected chi connectivity index (χ0v) is 22.4. The molecule has 0 fully saturated rings. The van der Waals surface area contributed by atoms with Gasteiger partial charge >= 0.3 is 6.09 Å². The van der Waals surface area contributed by atoms with E-state index in [0.29, 0.717) is 62.3 Å². The van der Waals surface area contributed by atoms with Gasteiger partial charge in [-0.1, -0.05) is 23.2 Å². The molecular weight excluding hydrogens is 559 g/mol. The van der Waals surface area contributed by atoms with Crippen LogP contribution in [0.5, 0.6) is 0 Å². The molecule has 12 nitrogen and oxygen atoms in total. The highest BCUT2D eigenvalue weighted by atomic mass is 35.5. The van der Waals surface area contributed by atoms with E-state index in [4.69, 9.17) is 23.2 Å². The van der Waals surface area contributed by atoms with E-state index < -0.39 is 11.7 Å². The second kappa shape index (κ2) is 9.90. The Morgan fingerprint density at radius 3 is 2.73 bits per heavy atom. The number of amides is 1. The standard InChI is InChI=1S/C26H20Cl2N8O4/c1-40-25(37)31-19-3-5-23(21(28)10-19)34-13-17(11-30-34)26(38)7-6-15-8-16(12-36(39)24(15)26)20-9-18(27)2-4-22(20)35-14-29-32-33-35/h2-5,8-14,38H,6-7H2,1H3,(H-,31,37,39)/p+1. The van der Waals surface area contributed by atoms with Crippen LogP contribution in [-0.4, -0.2) is 53.5 Å². The number of carbonyl (C=O) groups excluding carboxylic acids is 1. The van der Waals surface area contributed by atoms with Crippen LogP contribution in [0.4, 0.5) is 10.5 Å². The first kappa shape index (κ1) is 25.7. The lowest BCUT2D eigenvalue weighted by atomic mass is 9.93. The second-order valence-corrected chi connectivity index (χ2v) is 10.0. The van der Waals surface area contributed by atoms with Crippen molar-refractivity contribution in [2.45, 2.75) is 18.4 Å². The van der Waals surface area contributed by atoms with E-state index in [-0.39, 0.29) is 0 Å². The van der Waals surface area contributed by atoms with Crippen LogP contribution in [0, 0.1) is 0 Å². The Hall–Kier alpha value is -4.52. The third kappa shape index (κ3) is 4.41. The lowest BCUT2D eigenvalue weighted by molar-refractivity contribution is -0.912. The highest BCUT2D eigenvalue weighted by molar-refractivity contribution is 6.32. The molecule has 2 aromatic carbocycles. The van der Waals surface area contributed by atoms with Gasteiger partial charge in [0.25, 0.3) is 5.69 Å². The molecule has 3 aromatic heterocycles. The predicted molar refractivity (Wildman–Crippen MR) is 143 cm³/mol. The highest BCUT2D eigenvalue weighted by Gasteiger charge is 2.49. The Kier molecular flexibility index (Phi) is 6.37. The topological polar surface area (TPSA) is 144 Å². The number of nitrogens with zero attached hydrogens (tertiary/aromatic N) is 7. The van der Waals surface area contributed by atoms with Crippen LogP contribution < -0.4 is 10.0 Å². The first-order valence-corrected chi connectivity index (χ1v) is 12.8. The Labute approximate surface area is 236 Å². The van der Waals surface area contributed by atoms with Crippen molar-refractivity contribution < 1.29 is 24.6 Å². The summed E-state index contributed by atoms with van der Waals surface area (Å²) in [5.41, 5.74) is 3.10. The number of rotatable bonds is 5. The minimum absolute atomic E-state index is 0.323. The quantitative estimate of drug-likeness (QED) is 0.211. The third-order valence-corrected chi connectivity index (χ3v) is 7.36. The van der Waals surface area contributed by atoms with Crippen LogP contribution in [0.2, 0.25) is 10.0 Å². The summed E-state index contributed by atoms with van der Waals surface area (Å²) in [5, 5.41) is 42.1. The van der Waals surface area contributed by atoms with E-state index >= 15 is 0 Å². The maximum absolute atomic E-state index is 11.8. The maximum atomic E-state index is 11.8. The molecule has 202 valence electrons. The monoisotopic (exact) mass is 579 g/mol. The number of aryl methyl sites for hydroxylation is 1. The molecule has 3 N–H and O–H groups in total. The van der Waals surface area contributed by atoms with Crippen LogP contribution in [0.1, 0.15) is 23.2 Å². The molecule has 1 amide bonds. The lowest BCUT2D eigenvalue weighted by Gasteiger charge is -2.18. The Morgan fingerprint density at radius 2 is 1.98 bits per heavy atom. The van der Waals surface area contributed by atoms with Crippen molar-refractivity contribution in [2.24, 2.45) is 0 Å². The zero-order valence-electron chi connectivity index (χ0n) is 20.9. The van der Waals surface area contributed by atoms with Crippen molar-refractivity contribution in [3.05, 3.63) is 94.2 Å². The first-order valence-electron chi connectivity index (χ1n) is 12.0. The number of anilines is 1. The Bertz CT molecular complexity index is 1760. The number of aliphatic hydroxyl groups is 1. The smallest absolute Gasteiger partial charge is 0.411 e. The summed E-state index contributed by atoms with van der Waals surface area (Å²) in [5.74, 6) is 0. The largest absolute Gasteiger partial charge is 0.453 e. The van der Waals surface area contributed by atoms with Crippen LogP contribution >= 0.6 is 23.2 Å². The lowest BCUT2D eigenvalue weighted by Crippen LogP contribution is -2.43. The van der Waals surface area contributed by atoms with Gasteiger partial charge in [0, 0.05) is 38.3 Å². The number of aromatic nitrogens is 7. The van der Waals surface area contributed by atoms with Crippen LogP contribution in [-0.2, 0) is 16.8 Å². The average Bonchev–Trinajstić information content (AvgIpc) is 3.70. The molecule has 5 aromatic rings. The second-order valence-electron chi connectivity index (χ2n) is 9.18. The highest BCUT2D eigenvalue weighted by Crippen LogP contribution is 2.42. The first-order chi connectivity index (χ1) is 19.3. The van der Waals surface area contributed by atoms with E-state index in [0.717, 1.165) is 10.3 Å². The van der Waals surface area contributed by atoms with Crippen molar-refractivity contribution >= 4 is 35.0 Å². The summed E-state index contributed by atoms with van der Waals surface area (Å²) in [6.45, 7) is 0. The van der Waals surface area contributed by atoms with Gasteiger partial charge in [0.2, 0.25) is 6.20 Å². The van der Waals surface area contributed by atoms with E-state index in [9.17, 15) is 15.1 Å². The molecule has 0 bridgehead atoms. The number of carbonyl (C=O) groups is 1. The van der Waals surface area contributed by atoms with E-state index in [1.165, 1.54) is 35.2 Å². The molecule has 6 rings (SSSR count). The number of pyridine rings is 1. The van der Waals surface area contributed by atoms with Crippen molar-refractivity contribution in [3.8, 4) is 22.5 Å².